The molecular formula is C14H16N2. The maximum absolute atomic E-state index is 5.93. The van der Waals surface area contributed by atoms with Crippen molar-refractivity contribution < 1.29 is 0 Å². The van der Waals surface area contributed by atoms with Gasteiger partial charge in [0.05, 0.1) is 0 Å². The van der Waals surface area contributed by atoms with E-state index in [4.69, 9.17) is 5.73 Å². The van der Waals surface area contributed by atoms with Gasteiger partial charge in [-0.15, -0.1) is 0 Å². The standard InChI is InChI=1S/C14H16N2/c1-10-4-3-5-11(2)13(10)8-12-9-16-7-6-14(12)15/h3-7,9H,8H2,1-2H3,(H2,15,16). The molecule has 0 aliphatic heterocycles. The van der Waals surface area contributed by atoms with Crippen molar-refractivity contribution in [2.75, 3.05) is 5.73 Å². The SMILES string of the molecule is Cc1cccc(C)c1Cc1cnccc1N. The van der Waals surface area contributed by atoms with Crippen LogP contribution in [0.4, 0.5) is 5.69 Å². The van der Waals surface area contributed by atoms with Crippen molar-refractivity contribution in [3.8, 4) is 0 Å². The van der Waals surface area contributed by atoms with Gasteiger partial charge in [0.25, 0.3) is 0 Å². The highest BCUT2D eigenvalue weighted by Crippen LogP contribution is 2.20. The summed E-state index contributed by atoms with van der Waals surface area (Å²) in [6.07, 6.45) is 4.43. The van der Waals surface area contributed by atoms with Gasteiger partial charge in [-0.1, -0.05) is 18.2 Å². The number of aryl methyl sites for hydroxylation is 2. The Morgan fingerprint density at radius 2 is 1.81 bits per heavy atom. The topological polar surface area (TPSA) is 38.9 Å². The first-order chi connectivity index (χ1) is 7.68. The summed E-state index contributed by atoms with van der Waals surface area (Å²) >= 11 is 0. The van der Waals surface area contributed by atoms with E-state index in [1.807, 2.05) is 12.3 Å². The molecule has 0 saturated heterocycles. The fourth-order valence-electron chi connectivity index (χ4n) is 1.90. The van der Waals surface area contributed by atoms with Gasteiger partial charge < -0.3 is 5.73 Å². The molecule has 0 aliphatic carbocycles. The van der Waals surface area contributed by atoms with E-state index in [2.05, 4.69) is 37.0 Å². The molecular weight excluding hydrogens is 196 g/mol. The molecule has 0 aliphatic rings. The number of nitrogen functional groups attached to an aromatic ring is 1. The molecule has 16 heavy (non-hydrogen) atoms. The van der Waals surface area contributed by atoms with Gasteiger partial charge in [-0.3, -0.25) is 4.98 Å². The lowest BCUT2D eigenvalue weighted by Crippen LogP contribution is -1.99. The average Bonchev–Trinajstić information content (AvgIpc) is 2.26. The maximum atomic E-state index is 5.93. The third-order valence-electron chi connectivity index (χ3n) is 2.95. The van der Waals surface area contributed by atoms with Crippen molar-refractivity contribution in [2.24, 2.45) is 0 Å². The fraction of sp³-hybridized carbons (Fsp3) is 0.214. The van der Waals surface area contributed by atoms with E-state index in [0.29, 0.717) is 0 Å². The first-order valence-corrected chi connectivity index (χ1v) is 5.42. The lowest BCUT2D eigenvalue weighted by molar-refractivity contribution is 1.10. The summed E-state index contributed by atoms with van der Waals surface area (Å²) in [6, 6.07) is 8.20. The van der Waals surface area contributed by atoms with Gasteiger partial charge in [-0.25, -0.2) is 0 Å². The Hall–Kier alpha value is -1.83. The minimum atomic E-state index is 0.817. The van der Waals surface area contributed by atoms with E-state index in [9.17, 15) is 0 Å². The quantitative estimate of drug-likeness (QED) is 0.831. The normalized spacial score (nSPS) is 10.4. The predicted molar refractivity (Wildman–Crippen MR) is 67.4 cm³/mol. The first-order valence-electron chi connectivity index (χ1n) is 5.42. The Balaban J connectivity index is 2.38. The van der Waals surface area contributed by atoms with Crippen molar-refractivity contribution in [1.29, 1.82) is 0 Å². The predicted octanol–water partition coefficient (Wildman–Crippen LogP) is 2.87. The van der Waals surface area contributed by atoms with Crippen molar-refractivity contribution >= 4 is 5.69 Å². The molecule has 2 N–H and O–H groups in total. The molecule has 0 unspecified atom stereocenters. The molecule has 2 rings (SSSR count). The maximum Gasteiger partial charge on any atom is 0.0380 e. The third-order valence-corrected chi connectivity index (χ3v) is 2.95. The number of rotatable bonds is 2. The monoisotopic (exact) mass is 212 g/mol. The second-order valence-electron chi connectivity index (χ2n) is 4.12. The summed E-state index contributed by atoms with van der Waals surface area (Å²) < 4.78 is 0. The first kappa shape index (κ1) is 10.7. The summed E-state index contributed by atoms with van der Waals surface area (Å²) in [6.45, 7) is 4.27. The molecule has 82 valence electrons. The number of benzene rings is 1. The van der Waals surface area contributed by atoms with E-state index < -0.39 is 0 Å². The van der Waals surface area contributed by atoms with E-state index in [-0.39, 0.29) is 0 Å². The molecule has 1 aromatic heterocycles. The molecule has 0 saturated carbocycles. The van der Waals surface area contributed by atoms with Crippen molar-refractivity contribution in [3.05, 3.63) is 58.9 Å². The van der Waals surface area contributed by atoms with Crippen LogP contribution in [0.15, 0.2) is 36.7 Å². The van der Waals surface area contributed by atoms with E-state index in [1.165, 1.54) is 16.7 Å². The largest absolute Gasteiger partial charge is 0.398 e. The van der Waals surface area contributed by atoms with Gasteiger partial charge in [0.2, 0.25) is 0 Å². The second-order valence-corrected chi connectivity index (χ2v) is 4.12. The molecule has 1 aromatic carbocycles. The Labute approximate surface area is 96.1 Å². The second kappa shape index (κ2) is 4.35. The van der Waals surface area contributed by atoms with Gasteiger partial charge in [-0.2, -0.15) is 0 Å². The number of nitrogens with two attached hydrogens (primary N) is 1. The molecule has 0 amide bonds. The van der Waals surface area contributed by atoms with E-state index in [1.54, 1.807) is 6.20 Å². The Bertz CT molecular complexity index is 484. The minimum absolute atomic E-state index is 0.817. The minimum Gasteiger partial charge on any atom is -0.398 e. The van der Waals surface area contributed by atoms with Crippen LogP contribution in [0.1, 0.15) is 22.3 Å². The Morgan fingerprint density at radius 1 is 1.12 bits per heavy atom. The number of anilines is 1. The van der Waals surface area contributed by atoms with Crippen molar-refractivity contribution in [3.63, 3.8) is 0 Å². The number of hydrogen-bond acceptors (Lipinski definition) is 2. The van der Waals surface area contributed by atoms with Gasteiger partial charge >= 0.3 is 0 Å². The zero-order valence-electron chi connectivity index (χ0n) is 9.70. The van der Waals surface area contributed by atoms with Crippen LogP contribution in [0.2, 0.25) is 0 Å². The van der Waals surface area contributed by atoms with Crippen LogP contribution in [0, 0.1) is 13.8 Å². The number of pyridine rings is 1. The summed E-state index contributed by atoms with van der Waals surface area (Å²) in [4.78, 5) is 4.12. The van der Waals surface area contributed by atoms with Gasteiger partial charge in [-0.05, 0) is 42.2 Å². The van der Waals surface area contributed by atoms with Crippen LogP contribution in [0.25, 0.3) is 0 Å². The molecule has 1 heterocycles. The Kier molecular flexibility index (Phi) is 2.91. The van der Waals surface area contributed by atoms with Crippen molar-refractivity contribution in [2.45, 2.75) is 20.3 Å². The van der Waals surface area contributed by atoms with Crippen LogP contribution >= 0.6 is 0 Å². The summed E-state index contributed by atoms with van der Waals surface area (Å²) in [5.41, 5.74) is 11.8. The van der Waals surface area contributed by atoms with Gasteiger partial charge in [0.15, 0.2) is 0 Å². The van der Waals surface area contributed by atoms with E-state index >= 15 is 0 Å². The molecule has 0 atom stereocenters. The molecule has 0 radical (unpaired) electrons. The van der Waals surface area contributed by atoms with Crippen molar-refractivity contribution in [1.82, 2.24) is 4.98 Å². The summed E-state index contributed by atoms with van der Waals surface area (Å²) in [5, 5.41) is 0. The molecule has 0 bridgehead atoms. The molecule has 2 aromatic rings. The Morgan fingerprint density at radius 3 is 2.44 bits per heavy atom. The third kappa shape index (κ3) is 2.06. The zero-order valence-corrected chi connectivity index (χ0v) is 9.70. The van der Waals surface area contributed by atoms with Crippen LogP contribution in [-0.2, 0) is 6.42 Å². The lowest BCUT2D eigenvalue weighted by Gasteiger charge is -2.10. The highest BCUT2D eigenvalue weighted by atomic mass is 14.7. The summed E-state index contributed by atoms with van der Waals surface area (Å²) in [5.74, 6) is 0. The van der Waals surface area contributed by atoms with E-state index in [0.717, 1.165) is 17.7 Å². The van der Waals surface area contributed by atoms with Crippen LogP contribution in [-0.4, -0.2) is 4.98 Å². The zero-order chi connectivity index (χ0) is 11.5. The lowest BCUT2D eigenvalue weighted by atomic mass is 9.96. The van der Waals surface area contributed by atoms with Crippen LogP contribution in [0.3, 0.4) is 0 Å². The average molecular weight is 212 g/mol. The smallest absolute Gasteiger partial charge is 0.0380 e. The number of aromatic nitrogens is 1. The molecule has 2 nitrogen and oxygen atoms in total. The molecule has 0 fully saturated rings. The summed E-state index contributed by atoms with van der Waals surface area (Å²) in [7, 11) is 0. The van der Waals surface area contributed by atoms with Crippen LogP contribution in [0.5, 0.6) is 0 Å². The highest BCUT2D eigenvalue weighted by Gasteiger charge is 2.05. The number of nitrogens with zero attached hydrogens (tertiary/aromatic N) is 1. The van der Waals surface area contributed by atoms with Crippen LogP contribution < -0.4 is 5.73 Å². The molecule has 2 heteroatoms. The fourth-order valence-corrected chi connectivity index (χ4v) is 1.90. The highest BCUT2D eigenvalue weighted by molar-refractivity contribution is 5.48. The van der Waals surface area contributed by atoms with Gasteiger partial charge in [0, 0.05) is 24.5 Å². The van der Waals surface area contributed by atoms with Gasteiger partial charge in [0.1, 0.15) is 0 Å². The molecule has 0 spiro atoms. The number of hydrogen-bond donors (Lipinski definition) is 1.